The van der Waals surface area contributed by atoms with E-state index < -0.39 is 0 Å². The standard InChI is InChI=1S/C26H53N7O3/c1-7-31(8-2)24(34)21-28-15-13-27-14-16-29(22-25(35)32(9-3)10-4)18-20-30(19-17-28)23-26(36)33(11-5)12-6/h27H,7-23H2,1-6H3. The van der Waals surface area contributed by atoms with Crippen LogP contribution >= 0.6 is 0 Å². The van der Waals surface area contributed by atoms with Gasteiger partial charge in [0.2, 0.25) is 17.7 Å². The second kappa shape index (κ2) is 18.5. The van der Waals surface area contributed by atoms with E-state index in [2.05, 4.69) is 20.0 Å². The summed E-state index contributed by atoms with van der Waals surface area (Å²) in [6.45, 7) is 23.4. The molecule has 0 saturated carbocycles. The lowest BCUT2D eigenvalue weighted by atomic mass is 10.3. The largest absolute Gasteiger partial charge is 0.342 e. The maximum absolute atomic E-state index is 12.9. The third-order valence-corrected chi connectivity index (χ3v) is 7.10. The predicted octanol–water partition coefficient (Wildman–Crippen LogP) is 0.101. The van der Waals surface area contributed by atoms with Gasteiger partial charge < -0.3 is 20.0 Å². The summed E-state index contributed by atoms with van der Waals surface area (Å²) in [5.41, 5.74) is 0. The zero-order chi connectivity index (χ0) is 26.9. The summed E-state index contributed by atoms with van der Waals surface area (Å²) in [6.07, 6.45) is 0. The molecule has 0 aromatic rings. The van der Waals surface area contributed by atoms with Crippen molar-refractivity contribution in [2.75, 3.05) is 111 Å². The summed E-state index contributed by atoms with van der Waals surface area (Å²) in [5.74, 6) is 0.434. The first-order valence-electron chi connectivity index (χ1n) is 14.0. The Balaban J connectivity index is 2.95. The molecule has 0 radical (unpaired) electrons. The number of carbonyl (C=O) groups excluding carboxylic acids is 3. The molecule has 1 saturated heterocycles. The van der Waals surface area contributed by atoms with Crippen molar-refractivity contribution in [2.45, 2.75) is 41.5 Å². The highest BCUT2D eigenvalue weighted by Crippen LogP contribution is 2.02. The molecule has 1 fully saturated rings. The molecule has 0 bridgehead atoms. The van der Waals surface area contributed by atoms with Crippen LogP contribution in [0.5, 0.6) is 0 Å². The Labute approximate surface area is 219 Å². The van der Waals surface area contributed by atoms with E-state index in [1.807, 2.05) is 56.2 Å². The minimum atomic E-state index is 0.130. The van der Waals surface area contributed by atoms with Crippen LogP contribution in [0.15, 0.2) is 0 Å². The van der Waals surface area contributed by atoms with Crippen molar-refractivity contribution in [1.82, 2.24) is 34.7 Å². The van der Waals surface area contributed by atoms with Gasteiger partial charge in [0.1, 0.15) is 0 Å². The molecule has 0 atom stereocenters. The van der Waals surface area contributed by atoms with Crippen molar-refractivity contribution in [3.63, 3.8) is 0 Å². The molecule has 1 aliphatic rings. The van der Waals surface area contributed by atoms with E-state index in [1.54, 1.807) is 0 Å². The molecule has 36 heavy (non-hydrogen) atoms. The summed E-state index contributed by atoms with van der Waals surface area (Å²) >= 11 is 0. The van der Waals surface area contributed by atoms with E-state index in [0.29, 0.717) is 72.0 Å². The van der Waals surface area contributed by atoms with Gasteiger partial charge >= 0.3 is 0 Å². The Bertz CT molecular complexity index is 597. The minimum Gasteiger partial charge on any atom is -0.342 e. The summed E-state index contributed by atoms with van der Waals surface area (Å²) < 4.78 is 0. The topological polar surface area (TPSA) is 82.7 Å². The Morgan fingerprint density at radius 2 is 0.750 bits per heavy atom. The fraction of sp³-hybridized carbons (Fsp3) is 0.885. The number of nitrogens with zero attached hydrogens (tertiary/aromatic N) is 6. The number of likely N-dealkylation sites (N-methyl/N-ethyl adjacent to an activating group) is 3. The van der Waals surface area contributed by atoms with E-state index in [-0.39, 0.29) is 17.7 Å². The lowest BCUT2D eigenvalue weighted by Gasteiger charge is -2.33. The van der Waals surface area contributed by atoms with Gasteiger partial charge in [-0.3, -0.25) is 29.1 Å². The number of amides is 3. The van der Waals surface area contributed by atoms with Crippen LogP contribution in [0.25, 0.3) is 0 Å². The number of carbonyl (C=O) groups is 3. The third-order valence-electron chi connectivity index (χ3n) is 7.10. The molecule has 0 aromatic heterocycles. The van der Waals surface area contributed by atoms with Crippen LogP contribution < -0.4 is 5.32 Å². The Morgan fingerprint density at radius 3 is 1.00 bits per heavy atom. The predicted molar refractivity (Wildman–Crippen MR) is 146 cm³/mol. The summed E-state index contributed by atoms with van der Waals surface area (Å²) in [6, 6.07) is 0. The highest BCUT2D eigenvalue weighted by Gasteiger charge is 2.21. The first kappa shape index (κ1) is 32.3. The van der Waals surface area contributed by atoms with E-state index in [4.69, 9.17) is 0 Å². The van der Waals surface area contributed by atoms with Crippen LogP contribution in [0.1, 0.15) is 41.5 Å². The SMILES string of the molecule is CCN(CC)C(=O)CN1CCNCCN(CC(=O)N(CC)CC)CCN(CC(=O)N(CC)CC)CC1. The van der Waals surface area contributed by atoms with Crippen LogP contribution in [0.2, 0.25) is 0 Å². The van der Waals surface area contributed by atoms with Gasteiger partial charge in [-0.25, -0.2) is 0 Å². The second-order valence-corrected chi connectivity index (χ2v) is 9.28. The lowest BCUT2D eigenvalue weighted by Crippen LogP contribution is -2.50. The van der Waals surface area contributed by atoms with Crippen LogP contribution in [0.4, 0.5) is 0 Å². The van der Waals surface area contributed by atoms with E-state index in [0.717, 1.165) is 39.3 Å². The highest BCUT2D eigenvalue weighted by atomic mass is 16.2. The maximum atomic E-state index is 12.9. The maximum Gasteiger partial charge on any atom is 0.236 e. The van der Waals surface area contributed by atoms with Gasteiger partial charge in [-0.15, -0.1) is 0 Å². The van der Waals surface area contributed by atoms with Crippen molar-refractivity contribution >= 4 is 17.7 Å². The Morgan fingerprint density at radius 1 is 0.500 bits per heavy atom. The normalized spacial score (nSPS) is 17.2. The molecule has 0 aliphatic carbocycles. The fourth-order valence-electron chi connectivity index (χ4n) is 4.58. The van der Waals surface area contributed by atoms with E-state index in [1.165, 1.54) is 0 Å². The van der Waals surface area contributed by atoms with Gasteiger partial charge in [0, 0.05) is 91.6 Å². The molecule has 210 valence electrons. The van der Waals surface area contributed by atoms with Crippen molar-refractivity contribution in [3.8, 4) is 0 Å². The Hall–Kier alpha value is -1.75. The molecule has 0 aromatic carbocycles. The molecule has 0 unspecified atom stereocenters. The third kappa shape index (κ3) is 11.5. The highest BCUT2D eigenvalue weighted by molar-refractivity contribution is 5.79. The summed E-state index contributed by atoms with van der Waals surface area (Å²) in [5, 5.41) is 3.49. The second-order valence-electron chi connectivity index (χ2n) is 9.28. The number of nitrogens with one attached hydrogen (secondary N) is 1. The molecule has 10 heteroatoms. The number of hydrogen-bond acceptors (Lipinski definition) is 7. The van der Waals surface area contributed by atoms with Crippen molar-refractivity contribution in [2.24, 2.45) is 0 Å². The number of rotatable bonds is 12. The van der Waals surface area contributed by atoms with Crippen LogP contribution in [0, 0.1) is 0 Å². The molecule has 3 amide bonds. The zero-order valence-corrected chi connectivity index (χ0v) is 23.9. The first-order valence-corrected chi connectivity index (χ1v) is 14.0. The molecule has 1 rings (SSSR count). The van der Waals surface area contributed by atoms with Crippen LogP contribution in [-0.4, -0.2) is 158 Å². The average molecular weight is 512 g/mol. The van der Waals surface area contributed by atoms with Gasteiger partial charge in [-0.2, -0.15) is 0 Å². The smallest absolute Gasteiger partial charge is 0.236 e. The van der Waals surface area contributed by atoms with Gasteiger partial charge in [0.25, 0.3) is 0 Å². The van der Waals surface area contributed by atoms with Crippen molar-refractivity contribution in [1.29, 1.82) is 0 Å². The molecule has 0 spiro atoms. The van der Waals surface area contributed by atoms with Gasteiger partial charge in [-0.1, -0.05) is 0 Å². The summed E-state index contributed by atoms with van der Waals surface area (Å²) in [4.78, 5) is 50.7. The molecular formula is C26H53N7O3. The molecule has 1 N–H and O–H groups in total. The fourth-order valence-corrected chi connectivity index (χ4v) is 4.58. The van der Waals surface area contributed by atoms with Gasteiger partial charge in [0.15, 0.2) is 0 Å². The Kier molecular flexibility index (Phi) is 16.6. The van der Waals surface area contributed by atoms with Gasteiger partial charge in [0.05, 0.1) is 19.6 Å². The first-order chi connectivity index (χ1) is 17.3. The van der Waals surface area contributed by atoms with Crippen LogP contribution in [-0.2, 0) is 14.4 Å². The van der Waals surface area contributed by atoms with Gasteiger partial charge in [-0.05, 0) is 41.5 Å². The monoisotopic (exact) mass is 511 g/mol. The number of hydrogen-bond donors (Lipinski definition) is 1. The minimum absolute atomic E-state index is 0.130. The molecule has 1 heterocycles. The molecule has 10 nitrogen and oxygen atoms in total. The van der Waals surface area contributed by atoms with Crippen LogP contribution in [0.3, 0.4) is 0 Å². The van der Waals surface area contributed by atoms with Crippen molar-refractivity contribution in [3.05, 3.63) is 0 Å². The molecule has 1 aliphatic heterocycles. The van der Waals surface area contributed by atoms with E-state index in [9.17, 15) is 14.4 Å². The average Bonchev–Trinajstić information content (AvgIpc) is 2.86. The summed E-state index contributed by atoms with van der Waals surface area (Å²) in [7, 11) is 0. The lowest BCUT2D eigenvalue weighted by molar-refractivity contribution is -0.134. The zero-order valence-electron chi connectivity index (χ0n) is 23.9. The molecular weight excluding hydrogens is 458 g/mol. The van der Waals surface area contributed by atoms with Crippen molar-refractivity contribution < 1.29 is 14.4 Å². The quantitative estimate of drug-likeness (QED) is 0.398. The van der Waals surface area contributed by atoms with E-state index >= 15 is 0 Å².